The Morgan fingerprint density at radius 3 is 2.41 bits per heavy atom. The molecule has 0 aromatic heterocycles. The Morgan fingerprint density at radius 2 is 1.62 bits per heavy atom. The van der Waals surface area contributed by atoms with Gasteiger partial charge < -0.3 is 4.74 Å². The van der Waals surface area contributed by atoms with Crippen LogP contribution in [0.5, 0.6) is 5.75 Å². The highest BCUT2D eigenvalue weighted by Gasteiger charge is 2.50. The quantitative estimate of drug-likeness (QED) is 0.293. The molecule has 5 nitrogen and oxygen atoms in total. The lowest BCUT2D eigenvalue weighted by Crippen LogP contribution is -2.31. The molecule has 0 bridgehead atoms. The largest absolute Gasteiger partial charge is 0.423 e. The zero-order valence-corrected chi connectivity index (χ0v) is 19.4. The van der Waals surface area contributed by atoms with Crippen LogP contribution in [-0.4, -0.2) is 17.8 Å². The number of rotatable bonds is 4. The van der Waals surface area contributed by atoms with Gasteiger partial charge in [0.05, 0.1) is 23.1 Å². The first-order valence-electron chi connectivity index (χ1n) is 11.7. The second-order valence-corrected chi connectivity index (χ2v) is 9.35. The molecule has 2 amide bonds. The minimum atomic E-state index is -0.517. The van der Waals surface area contributed by atoms with Crippen molar-refractivity contribution in [1.82, 2.24) is 0 Å². The smallest absolute Gasteiger partial charge is 0.343 e. The highest BCUT2D eigenvalue weighted by atomic mass is 16.5. The maximum atomic E-state index is 13.4. The van der Waals surface area contributed by atoms with Crippen LogP contribution in [0.15, 0.2) is 72.8 Å². The van der Waals surface area contributed by atoms with Crippen molar-refractivity contribution in [2.45, 2.75) is 39.0 Å². The Labute approximate surface area is 199 Å². The molecule has 1 heterocycles. The number of hydrogen-bond acceptors (Lipinski definition) is 4. The van der Waals surface area contributed by atoms with Crippen molar-refractivity contribution >= 4 is 23.5 Å². The van der Waals surface area contributed by atoms with Crippen molar-refractivity contribution in [2.75, 3.05) is 4.90 Å². The van der Waals surface area contributed by atoms with Crippen molar-refractivity contribution in [3.05, 3.63) is 95.1 Å². The topological polar surface area (TPSA) is 63.7 Å². The van der Waals surface area contributed by atoms with E-state index in [-0.39, 0.29) is 29.6 Å². The molecular formula is C29H27NO4. The molecule has 3 aromatic carbocycles. The molecule has 0 spiro atoms. The number of carbonyl (C=O) groups excluding carboxylic acids is 3. The average molecular weight is 454 g/mol. The predicted molar refractivity (Wildman–Crippen MR) is 130 cm³/mol. The van der Waals surface area contributed by atoms with Crippen LogP contribution in [0.4, 0.5) is 5.69 Å². The summed E-state index contributed by atoms with van der Waals surface area (Å²) in [6.07, 6.45) is 2.25. The molecule has 1 saturated heterocycles. The van der Waals surface area contributed by atoms with E-state index >= 15 is 0 Å². The van der Waals surface area contributed by atoms with Crippen LogP contribution >= 0.6 is 0 Å². The summed E-state index contributed by atoms with van der Waals surface area (Å²) < 4.78 is 5.61. The fourth-order valence-electron chi connectivity index (χ4n) is 5.21. The average Bonchev–Trinajstić information content (AvgIpc) is 3.11. The summed E-state index contributed by atoms with van der Waals surface area (Å²) in [4.78, 5) is 40.7. The molecule has 172 valence electrons. The first-order chi connectivity index (χ1) is 16.4. The van der Waals surface area contributed by atoms with Gasteiger partial charge in [0.15, 0.2) is 0 Å². The molecule has 34 heavy (non-hydrogen) atoms. The van der Waals surface area contributed by atoms with Gasteiger partial charge in [-0.3, -0.25) is 14.5 Å². The monoisotopic (exact) mass is 453 g/mol. The van der Waals surface area contributed by atoms with Gasteiger partial charge in [-0.25, -0.2) is 4.79 Å². The summed E-state index contributed by atoms with van der Waals surface area (Å²) in [5.41, 5.74) is 3.80. The third-order valence-electron chi connectivity index (χ3n) is 7.08. The molecule has 2 aliphatic rings. The Kier molecular flexibility index (Phi) is 5.78. The number of esters is 1. The number of amides is 2. The van der Waals surface area contributed by atoms with E-state index in [0.29, 0.717) is 29.8 Å². The molecule has 3 atom stereocenters. The number of anilines is 1. The Bertz CT molecular complexity index is 1270. The Morgan fingerprint density at radius 1 is 0.853 bits per heavy atom. The maximum absolute atomic E-state index is 13.4. The molecular weight excluding hydrogens is 426 g/mol. The van der Waals surface area contributed by atoms with Gasteiger partial charge >= 0.3 is 5.97 Å². The zero-order valence-electron chi connectivity index (χ0n) is 19.4. The zero-order chi connectivity index (χ0) is 23.8. The summed E-state index contributed by atoms with van der Waals surface area (Å²) in [5.74, 6) is -0.691. The molecule has 0 unspecified atom stereocenters. The summed E-state index contributed by atoms with van der Waals surface area (Å²) in [7, 11) is 0. The highest BCUT2D eigenvalue weighted by Crippen LogP contribution is 2.45. The third-order valence-corrected chi connectivity index (χ3v) is 7.08. The fourth-order valence-corrected chi connectivity index (χ4v) is 5.21. The number of benzene rings is 3. The molecule has 1 saturated carbocycles. The van der Waals surface area contributed by atoms with E-state index in [1.54, 1.807) is 24.3 Å². The standard InChI is InChI=1S/C29H27NO4/c1-18-11-12-19(2)26(15-18)34-29(33)22-9-6-10-23(16-22)30-27(31)24-14-13-21(17-25(24)28(30)32)20-7-4-3-5-8-20/h3-12,15-16,21,24-25H,13-14,17H2,1-2H3/t21-,24-,25+/m1/s1. The first-order valence-corrected chi connectivity index (χ1v) is 11.7. The summed E-state index contributed by atoms with van der Waals surface area (Å²) in [6, 6.07) is 22.5. The lowest BCUT2D eigenvalue weighted by atomic mass is 9.73. The summed E-state index contributed by atoms with van der Waals surface area (Å²) >= 11 is 0. The van der Waals surface area contributed by atoms with Crippen molar-refractivity contribution < 1.29 is 19.1 Å². The van der Waals surface area contributed by atoms with Gasteiger partial charge in [0.1, 0.15) is 5.75 Å². The number of carbonyl (C=O) groups is 3. The van der Waals surface area contributed by atoms with E-state index in [4.69, 9.17) is 4.74 Å². The van der Waals surface area contributed by atoms with Gasteiger partial charge in [-0.15, -0.1) is 0 Å². The van der Waals surface area contributed by atoms with E-state index in [9.17, 15) is 14.4 Å². The number of imide groups is 1. The SMILES string of the molecule is Cc1ccc(C)c(OC(=O)c2cccc(N3C(=O)[C@H]4C[C@H](c5ccccc5)CC[C@H]4C3=O)c2)c1. The van der Waals surface area contributed by atoms with Crippen molar-refractivity contribution in [1.29, 1.82) is 0 Å². The molecule has 1 aliphatic carbocycles. The van der Waals surface area contributed by atoms with E-state index in [1.165, 1.54) is 10.5 Å². The van der Waals surface area contributed by atoms with E-state index < -0.39 is 5.97 Å². The Balaban J connectivity index is 1.37. The van der Waals surface area contributed by atoms with Crippen LogP contribution in [0.2, 0.25) is 0 Å². The molecule has 1 aliphatic heterocycles. The molecule has 5 heteroatoms. The molecule has 2 fully saturated rings. The molecule has 0 N–H and O–H groups in total. The van der Waals surface area contributed by atoms with Gasteiger partial charge in [-0.05, 0) is 80.0 Å². The van der Waals surface area contributed by atoms with Crippen LogP contribution in [0.25, 0.3) is 0 Å². The van der Waals surface area contributed by atoms with Crippen LogP contribution < -0.4 is 9.64 Å². The van der Waals surface area contributed by atoms with E-state index in [2.05, 4.69) is 12.1 Å². The van der Waals surface area contributed by atoms with Gasteiger partial charge in [0, 0.05) is 0 Å². The number of nitrogens with zero attached hydrogens (tertiary/aromatic N) is 1. The minimum absolute atomic E-state index is 0.165. The minimum Gasteiger partial charge on any atom is -0.423 e. The molecule has 5 rings (SSSR count). The van der Waals surface area contributed by atoms with Crippen molar-refractivity contribution in [3.8, 4) is 5.75 Å². The van der Waals surface area contributed by atoms with Crippen molar-refractivity contribution in [2.24, 2.45) is 11.8 Å². The van der Waals surface area contributed by atoms with Gasteiger partial charge in [-0.2, -0.15) is 0 Å². The predicted octanol–water partition coefficient (Wildman–Crippen LogP) is 5.60. The van der Waals surface area contributed by atoms with Crippen LogP contribution in [0, 0.1) is 25.7 Å². The molecule has 3 aromatic rings. The first kappa shape index (κ1) is 22.1. The second-order valence-electron chi connectivity index (χ2n) is 9.35. The molecule has 0 radical (unpaired) electrons. The number of aryl methyl sites for hydroxylation is 2. The Hall–Kier alpha value is -3.73. The number of hydrogen-bond donors (Lipinski definition) is 0. The second kappa shape index (κ2) is 8.90. The number of fused-ring (bicyclic) bond motifs is 1. The van der Waals surface area contributed by atoms with Gasteiger partial charge in [-0.1, -0.05) is 48.5 Å². The lowest BCUT2D eigenvalue weighted by molar-refractivity contribution is -0.122. The van der Waals surface area contributed by atoms with E-state index in [1.807, 2.05) is 50.2 Å². The van der Waals surface area contributed by atoms with Crippen LogP contribution in [0.3, 0.4) is 0 Å². The number of ether oxygens (including phenoxy) is 1. The van der Waals surface area contributed by atoms with Gasteiger partial charge in [0.25, 0.3) is 0 Å². The normalized spacial score (nSPS) is 21.9. The highest BCUT2D eigenvalue weighted by molar-refractivity contribution is 6.22. The maximum Gasteiger partial charge on any atom is 0.343 e. The van der Waals surface area contributed by atoms with Crippen LogP contribution in [-0.2, 0) is 9.59 Å². The van der Waals surface area contributed by atoms with E-state index in [0.717, 1.165) is 17.5 Å². The third kappa shape index (κ3) is 4.03. The lowest BCUT2D eigenvalue weighted by Gasteiger charge is -2.28. The summed E-state index contributed by atoms with van der Waals surface area (Å²) in [5, 5.41) is 0. The fraction of sp³-hybridized carbons (Fsp3) is 0.276. The van der Waals surface area contributed by atoms with Gasteiger partial charge in [0.2, 0.25) is 11.8 Å². The summed E-state index contributed by atoms with van der Waals surface area (Å²) in [6.45, 7) is 3.81. The van der Waals surface area contributed by atoms with Crippen LogP contribution in [0.1, 0.15) is 52.2 Å². The van der Waals surface area contributed by atoms with Crippen molar-refractivity contribution in [3.63, 3.8) is 0 Å².